The summed E-state index contributed by atoms with van der Waals surface area (Å²) < 4.78 is 0. The highest BCUT2D eigenvalue weighted by Gasteiger charge is 2.23. The predicted molar refractivity (Wildman–Crippen MR) is 52.0 cm³/mol. The van der Waals surface area contributed by atoms with E-state index < -0.39 is 0 Å². The van der Waals surface area contributed by atoms with Crippen LogP contribution < -0.4 is 0 Å². The van der Waals surface area contributed by atoms with Crippen LogP contribution in [0.2, 0.25) is 0 Å². The fourth-order valence-electron chi connectivity index (χ4n) is 1.83. The fourth-order valence-corrected chi connectivity index (χ4v) is 1.83. The molecule has 0 aromatic heterocycles. The number of hydrogen-bond acceptors (Lipinski definition) is 2. The first kappa shape index (κ1) is 9.57. The molecule has 1 unspecified atom stereocenters. The highest BCUT2D eigenvalue weighted by atomic mass is 15.2. The third-order valence-corrected chi connectivity index (χ3v) is 2.58. The van der Waals surface area contributed by atoms with Gasteiger partial charge in [-0.3, -0.25) is 4.90 Å². The zero-order chi connectivity index (χ0) is 8.97. The molecule has 0 spiro atoms. The van der Waals surface area contributed by atoms with Gasteiger partial charge in [0.25, 0.3) is 0 Å². The van der Waals surface area contributed by atoms with Crippen molar-refractivity contribution in [1.82, 2.24) is 9.80 Å². The van der Waals surface area contributed by atoms with Gasteiger partial charge in [-0.25, -0.2) is 0 Å². The van der Waals surface area contributed by atoms with Crippen LogP contribution in [0.15, 0.2) is 0 Å². The van der Waals surface area contributed by atoms with Crippen molar-refractivity contribution >= 4 is 0 Å². The van der Waals surface area contributed by atoms with Gasteiger partial charge >= 0.3 is 0 Å². The first-order valence-electron chi connectivity index (χ1n) is 4.64. The smallest absolute Gasteiger partial charge is 0.0601 e. The summed E-state index contributed by atoms with van der Waals surface area (Å²) >= 11 is 0. The number of hydrogen-bond donors (Lipinski definition) is 0. The van der Waals surface area contributed by atoms with E-state index in [0.29, 0.717) is 6.04 Å². The monoisotopic (exact) mass is 166 g/mol. The molecule has 1 saturated heterocycles. The molecule has 1 fully saturated rings. The van der Waals surface area contributed by atoms with Crippen molar-refractivity contribution in [2.45, 2.75) is 19.4 Å². The summed E-state index contributed by atoms with van der Waals surface area (Å²) in [7, 11) is 2.17. The molecule has 0 bridgehead atoms. The lowest BCUT2D eigenvalue weighted by Gasteiger charge is -2.24. The zero-order valence-corrected chi connectivity index (χ0v) is 8.08. The largest absolute Gasteiger partial charge is 0.305 e. The minimum atomic E-state index is 0.691. The fraction of sp³-hybridized carbons (Fsp3) is 0.800. The second kappa shape index (κ2) is 4.49. The molecule has 0 aliphatic carbocycles. The third-order valence-electron chi connectivity index (χ3n) is 2.58. The Bertz CT molecular complexity index is 171. The van der Waals surface area contributed by atoms with Crippen LogP contribution in [0.1, 0.15) is 13.3 Å². The van der Waals surface area contributed by atoms with E-state index in [1.54, 1.807) is 0 Å². The lowest BCUT2D eigenvalue weighted by Crippen LogP contribution is -2.37. The quantitative estimate of drug-likeness (QED) is 0.568. The summed E-state index contributed by atoms with van der Waals surface area (Å²) in [6.45, 7) is 6.44. The summed E-state index contributed by atoms with van der Waals surface area (Å²) in [5.41, 5.74) is 0. The molecule has 1 rings (SSSR count). The molecule has 2 nitrogen and oxygen atoms in total. The predicted octanol–water partition coefficient (Wildman–Crippen LogP) is 0.646. The van der Waals surface area contributed by atoms with Gasteiger partial charge in [0, 0.05) is 12.6 Å². The minimum Gasteiger partial charge on any atom is -0.305 e. The van der Waals surface area contributed by atoms with E-state index in [9.17, 15) is 0 Å². The second-order valence-electron chi connectivity index (χ2n) is 3.47. The van der Waals surface area contributed by atoms with Crippen molar-refractivity contribution in [3.05, 3.63) is 0 Å². The lowest BCUT2D eigenvalue weighted by atomic mass is 10.2. The molecule has 12 heavy (non-hydrogen) atoms. The summed E-state index contributed by atoms with van der Waals surface area (Å²) in [5, 5.41) is 0. The maximum Gasteiger partial charge on any atom is 0.0601 e. The third kappa shape index (κ3) is 2.23. The Morgan fingerprint density at radius 2 is 2.42 bits per heavy atom. The Kier molecular flexibility index (Phi) is 3.58. The molecular formula is C10H18N2. The van der Waals surface area contributed by atoms with E-state index in [1.807, 2.05) is 0 Å². The van der Waals surface area contributed by atoms with E-state index >= 15 is 0 Å². The molecular weight excluding hydrogens is 148 g/mol. The number of likely N-dealkylation sites (tertiary alicyclic amines) is 1. The van der Waals surface area contributed by atoms with Gasteiger partial charge in [-0.15, -0.1) is 6.42 Å². The maximum absolute atomic E-state index is 5.30. The van der Waals surface area contributed by atoms with Crippen LogP contribution in [0.3, 0.4) is 0 Å². The van der Waals surface area contributed by atoms with Gasteiger partial charge < -0.3 is 4.90 Å². The highest BCUT2D eigenvalue weighted by molar-refractivity contribution is 4.92. The number of terminal acetylenes is 1. The van der Waals surface area contributed by atoms with Crippen molar-refractivity contribution in [2.75, 3.05) is 33.2 Å². The molecule has 0 amide bonds. The summed E-state index contributed by atoms with van der Waals surface area (Å²) in [5.74, 6) is 2.72. The van der Waals surface area contributed by atoms with Crippen LogP contribution in [-0.4, -0.2) is 49.1 Å². The normalized spacial score (nSPS) is 24.7. The topological polar surface area (TPSA) is 6.48 Å². The number of nitrogens with zero attached hydrogens (tertiary/aromatic N) is 2. The molecule has 2 heteroatoms. The molecule has 68 valence electrons. The van der Waals surface area contributed by atoms with Crippen LogP contribution >= 0.6 is 0 Å². The van der Waals surface area contributed by atoms with Crippen LogP contribution in [-0.2, 0) is 0 Å². The Hall–Kier alpha value is -0.520. The van der Waals surface area contributed by atoms with Gasteiger partial charge in [-0.2, -0.15) is 0 Å². The van der Waals surface area contributed by atoms with Gasteiger partial charge in [0.2, 0.25) is 0 Å². The van der Waals surface area contributed by atoms with Crippen molar-refractivity contribution in [1.29, 1.82) is 0 Å². The molecule has 0 N–H and O–H groups in total. The summed E-state index contributed by atoms with van der Waals surface area (Å²) in [6, 6.07) is 0.691. The average Bonchev–Trinajstić information content (AvgIpc) is 2.47. The van der Waals surface area contributed by atoms with E-state index in [4.69, 9.17) is 6.42 Å². The van der Waals surface area contributed by atoms with Crippen LogP contribution in [0.25, 0.3) is 0 Å². The van der Waals surface area contributed by atoms with Crippen molar-refractivity contribution < 1.29 is 0 Å². The molecule has 1 aliphatic heterocycles. The lowest BCUT2D eigenvalue weighted by molar-refractivity contribution is 0.232. The zero-order valence-electron chi connectivity index (χ0n) is 8.08. The van der Waals surface area contributed by atoms with E-state index in [1.165, 1.54) is 19.5 Å². The SMILES string of the molecule is C#CCN(CC)C1CCN(C)C1. The molecule has 1 aliphatic rings. The van der Waals surface area contributed by atoms with E-state index in [-0.39, 0.29) is 0 Å². The van der Waals surface area contributed by atoms with Crippen molar-refractivity contribution in [2.24, 2.45) is 0 Å². The van der Waals surface area contributed by atoms with Gasteiger partial charge in [0.05, 0.1) is 6.54 Å². The van der Waals surface area contributed by atoms with Gasteiger partial charge in [-0.1, -0.05) is 12.8 Å². The Morgan fingerprint density at radius 1 is 1.67 bits per heavy atom. The molecule has 1 atom stereocenters. The Labute approximate surface area is 75.5 Å². The number of likely N-dealkylation sites (N-methyl/N-ethyl adjacent to an activating group) is 2. The Balaban J connectivity index is 2.39. The Morgan fingerprint density at radius 3 is 2.83 bits per heavy atom. The standard InChI is InChI=1S/C10H18N2/c1-4-7-12(5-2)10-6-8-11(3)9-10/h1,10H,5-9H2,2-3H3. The van der Waals surface area contributed by atoms with E-state index in [2.05, 4.69) is 29.7 Å². The van der Waals surface area contributed by atoms with Crippen LogP contribution in [0.5, 0.6) is 0 Å². The molecule has 0 aromatic carbocycles. The number of rotatable bonds is 3. The molecule has 0 aromatic rings. The van der Waals surface area contributed by atoms with Crippen LogP contribution in [0.4, 0.5) is 0 Å². The summed E-state index contributed by atoms with van der Waals surface area (Å²) in [4.78, 5) is 4.74. The van der Waals surface area contributed by atoms with E-state index in [0.717, 1.165) is 13.1 Å². The van der Waals surface area contributed by atoms with Crippen molar-refractivity contribution in [3.63, 3.8) is 0 Å². The van der Waals surface area contributed by atoms with Gasteiger partial charge in [0.1, 0.15) is 0 Å². The average molecular weight is 166 g/mol. The second-order valence-corrected chi connectivity index (χ2v) is 3.47. The summed E-state index contributed by atoms with van der Waals surface area (Å²) in [6.07, 6.45) is 6.57. The first-order valence-corrected chi connectivity index (χ1v) is 4.64. The minimum absolute atomic E-state index is 0.691. The molecule has 0 radical (unpaired) electrons. The van der Waals surface area contributed by atoms with Crippen molar-refractivity contribution in [3.8, 4) is 12.3 Å². The highest BCUT2D eigenvalue weighted by Crippen LogP contribution is 2.12. The molecule has 1 heterocycles. The first-order chi connectivity index (χ1) is 5.77. The van der Waals surface area contributed by atoms with Gasteiger partial charge in [0.15, 0.2) is 0 Å². The van der Waals surface area contributed by atoms with Gasteiger partial charge in [-0.05, 0) is 26.6 Å². The van der Waals surface area contributed by atoms with Crippen LogP contribution in [0, 0.1) is 12.3 Å². The maximum atomic E-state index is 5.30. The molecule has 0 saturated carbocycles.